The Morgan fingerprint density at radius 1 is 1.30 bits per heavy atom. The van der Waals surface area contributed by atoms with Crippen molar-refractivity contribution in [3.05, 3.63) is 34.7 Å². The molecule has 2 aromatic rings. The maximum absolute atomic E-state index is 12.8. The quantitative estimate of drug-likeness (QED) is 0.780. The minimum absolute atomic E-state index is 0.0543. The highest BCUT2D eigenvalue weighted by molar-refractivity contribution is 9.10. The summed E-state index contributed by atoms with van der Waals surface area (Å²) in [4.78, 5) is 35.9. The van der Waals surface area contributed by atoms with E-state index in [0.717, 1.165) is 34.3 Å². The SMILES string of the molecule is CC1CCN(C(=O)C2CSC2)CC1NC(=O)c1ccc2cncc(Br)c2n1. The zero-order valence-electron chi connectivity index (χ0n) is 15.0. The Hall–Kier alpha value is -1.67. The zero-order valence-corrected chi connectivity index (χ0v) is 17.4. The summed E-state index contributed by atoms with van der Waals surface area (Å²) in [5, 5.41) is 3.97. The van der Waals surface area contributed by atoms with Gasteiger partial charge in [0.05, 0.1) is 15.9 Å². The van der Waals surface area contributed by atoms with Crippen LogP contribution in [0, 0.1) is 11.8 Å². The molecule has 2 saturated heterocycles. The number of thioether (sulfide) groups is 1. The van der Waals surface area contributed by atoms with Gasteiger partial charge in [-0.2, -0.15) is 11.8 Å². The summed E-state index contributed by atoms with van der Waals surface area (Å²) in [6.45, 7) is 3.48. The van der Waals surface area contributed by atoms with Gasteiger partial charge < -0.3 is 10.2 Å². The van der Waals surface area contributed by atoms with Crippen LogP contribution in [-0.4, -0.2) is 57.3 Å². The average molecular weight is 449 g/mol. The van der Waals surface area contributed by atoms with E-state index in [4.69, 9.17) is 0 Å². The smallest absolute Gasteiger partial charge is 0.270 e. The molecule has 0 spiro atoms. The first-order valence-corrected chi connectivity index (χ1v) is 11.1. The number of carbonyl (C=O) groups excluding carboxylic acids is 2. The summed E-state index contributed by atoms with van der Waals surface area (Å²) in [5.74, 6) is 2.36. The van der Waals surface area contributed by atoms with Crippen LogP contribution in [0.3, 0.4) is 0 Å². The molecule has 27 heavy (non-hydrogen) atoms. The predicted octanol–water partition coefficient (Wildman–Crippen LogP) is 2.72. The fraction of sp³-hybridized carbons (Fsp3) is 0.474. The molecule has 6 nitrogen and oxygen atoms in total. The van der Waals surface area contributed by atoms with Gasteiger partial charge in [0.2, 0.25) is 5.91 Å². The molecule has 0 bridgehead atoms. The minimum atomic E-state index is -0.203. The monoisotopic (exact) mass is 448 g/mol. The summed E-state index contributed by atoms with van der Waals surface area (Å²) in [7, 11) is 0. The molecular weight excluding hydrogens is 428 g/mol. The van der Waals surface area contributed by atoms with Crippen LogP contribution in [0.25, 0.3) is 10.9 Å². The number of likely N-dealkylation sites (tertiary alicyclic amines) is 1. The lowest BCUT2D eigenvalue weighted by molar-refractivity contribution is -0.136. The van der Waals surface area contributed by atoms with E-state index in [-0.39, 0.29) is 23.8 Å². The second kappa shape index (κ2) is 7.75. The van der Waals surface area contributed by atoms with Crippen LogP contribution in [0.15, 0.2) is 29.0 Å². The van der Waals surface area contributed by atoms with Crippen molar-refractivity contribution < 1.29 is 9.59 Å². The van der Waals surface area contributed by atoms with Gasteiger partial charge in [-0.3, -0.25) is 14.6 Å². The molecule has 2 amide bonds. The molecule has 0 aliphatic carbocycles. The molecule has 142 valence electrons. The van der Waals surface area contributed by atoms with E-state index >= 15 is 0 Å². The van der Waals surface area contributed by atoms with Gasteiger partial charge in [-0.05, 0) is 40.4 Å². The Kier molecular flexibility index (Phi) is 5.36. The Balaban J connectivity index is 1.47. The fourth-order valence-electron chi connectivity index (χ4n) is 3.47. The second-order valence-electron chi connectivity index (χ2n) is 7.25. The Morgan fingerprint density at radius 3 is 2.85 bits per heavy atom. The lowest BCUT2D eigenvalue weighted by Crippen LogP contribution is -2.55. The van der Waals surface area contributed by atoms with E-state index in [1.54, 1.807) is 18.5 Å². The van der Waals surface area contributed by atoms with Crippen LogP contribution in [0.5, 0.6) is 0 Å². The Bertz CT molecular complexity index is 889. The molecule has 2 aliphatic rings. The third-order valence-electron chi connectivity index (χ3n) is 5.36. The van der Waals surface area contributed by atoms with Crippen molar-refractivity contribution in [1.82, 2.24) is 20.2 Å². The van der Waals surface area contributed by atoms with Crippen molar-refractivity contribution in [1.29, 1.82) is 0 Å². The first kappa shape index (κ1) is 18.7. The van der Waals surface area contributed by atoms with E-state index in [2.05, 4.69) is 38.1 Å². The van der Waals surface area contributed by atoms with Gasteiger partial charge >= 0.3 is 0 Å². The van der Waals surface area contributed by atoms with Gasteiger partial charge in [0.25, 0.3) is 5.91 Å². The lowest BCUT2D eigenvalue weighted by atomic mass is 9.92. The first-order chi connectivity index (χ1) is 13.0. The van der Waals surface area contributed by atoms with E-state index in [0.29, 0.717) is 23.7 Å². The van der Waals surface area contributed by atoms with E-state index in [1.807, 2.05) is 22.7 Å². The topological polar surface area (TPSA) is 75.2 Å². The van der Waals surface area contributed by atoms with Gasteiger partial charge in [-0.15, -0.1) is 0 Å². The van der Waals surface area contributed by atoms with Crippen molar-refractivity contribution >= 4 is 50.4 Å². The molecule has 0 aromatic carbocycles. The predicted molar refractivity (Wildman–Crippen MR) is 110 cm³/mol. The van der Waals surface area contributed by atoms with E-state index < -0.39 is 0 Å². The number of hydrogen-bond acceptors (Lipinski definition) is 5. The number of nitrogens with one attached hydrogen (secondary N) is 1. The molecule has 2 atom stereocenters. The number of piperidine rings is 1. The number of aromatic nitrogens is 2. The van der Waals surface area contributed by atoms with Crippen LogP contribution < -0.4 is 5.32 Å². The molecule has 2 aromatic heterocycles. The van der Waals surface area contributed by atoms with Gasteiger partial charge in [-0.25, -0.2) is 4.98 Å². The summed E-state index contributed by atoms with van der Waals surface area (Å²) >= 11 is 5.25. The highest BCUT2D eigenvalue weighted by atomic mass is 79.9. The highest BCUT2D eigenvalue weighted by Gasteiger charge is 2.35. The summed E-state index contributed by atoms with van der Waals surface area (Å²) in [5.41, 5.74) is 1.09. The normalized spacial score (nSPS) is 23.1. The third kappa shape index (κ3) is 3.82. The molecule has 2 aliphatic heterocycles. The molecule has 1 N–H and O–H groups in total. The fourth-order valence-corrected chi connectivity index (χ4v) is 4.66. The summed E-state index contributed by atoms with van der Waals surface area (Å²) in [6.07, 6.45) is 4.29. The minimum Gasteiger partial charge on any atom is -0.346 e. The van der Waals surface area contributed by atoms with Gasteiger partial charge in [0.1, 0.15) is 5.69 Å². The largest absolute Gasteiger partial charge is 0.346 e. The number of pyridine rings is 2. The van der Waals surface area contributed by atoms with Crippen molar-refractivity contribution in [2.45, 2.75) is 19.4 Å². The van der Waals surface area contributed by atoms with Gasteiger partial charge in [0.15, 0.2) is 0 Å². The van der Waals surface area contributed by atoms with Crippen molar-refractivity contribution in [3.63, 3.8) is 0 Å². The number of nitrogens with zero attached hydrogens (tertiary/aromatic N) is 3. The molecule has 8 heteroatoms. The Morgan fingerprint density at radius 2 is 2.11 bits per heavy atom. The van der Waals surface area contributed by atoms with Crippen LogP contribution in [0.2, 0.25) is 0 Å². The molecule has 2 unspecified atom stereocenters. The maximum atomic E-state index is 12.8. The highest BCUT2D eigenvalue weighted by Crippen LogP contribution is 2.28. The standard InChI is InChI=1S/C19H21BrN4O2S/c1-11-4-5-24(19(26)13-9-27-10-13)8-16(11)23-18(25)15-3-2-12-6-21-7-14(20)17(12)22-15/h2-3,6-7,11,13,16H,4-5,8-10H2,1H3,(H,23,25). The second-order valence-corrected chi connectivity index (χ2v) is 9.18. The van der Waals surface area contributed by atoms with E-state index in [1.165, 1.54) is 0 Å². The van der Waals surface area contributed by atoms with Gasteiger partial charge in [0, 0.05) is 48.4 Å². The van der Waals surface area contributed by atoms with Crippen molar-refractivity contribution in [3.8, 4) is 0 Å². The summed E-state index contributed by atoms with van der Waals surface area (Å²) in [6, 6.07) is 3.51. The van der Waals surface area contributed by atoms with E-state index in [9.17, 15) is 9.59 Å². The van der Waals surface area contributed by atoms with Crippen LogP contribution in [0.1, 0.15) is 23.8 Å². The summed E-state index contributed by atoms with van der Waals surface area (Å²) < 4.78 is 0.760. The van der Waals surface area contributed by atoms with Crippen molar-refractivity contribution in [2.24, 2.45) is 11.8 Å². The molecular formula is C19H21BrN4O2S. The number of halogens is 1. The zero-order chi connectivity index (χ0) is 19.0. The third-order valence-corrected chi connectivity index (χ3v) is 7.22. The number of hydrogen-bond donors (Lipinski definition) is 1. The number of fused-ring (bicyclic) bond motifs is 1. The first-order valence-electron chi connectivity index (χ1n) is 9.10. The van der Waals surface area contributed by atoms with Crippen LogP contribution in [0.4, 0.5) is 0 Å². The number of carbonyl (C=O) groups is 2. The average Bonchev–Trinajstić information content (AvgIpc) is 2.62. The van der Waals surface area contributed by atoms with Crippen LogP contribution >= 0.6 is 27.7 Å². The molecule has 4 rings (SSSR count). The number of amides is 2. The van der Waals surface area contributed by atoms with Crippen LogP contribution in [-0.2, 0) is 4.79 Å². The molecule has 0 saturated carbocycles. The molecule has 2 fully saturated rings. The van der Waals surface area contributed by atoms with Crippen molar-refractivity contribution in [2.75, 3.05) is 24.6 Å². The van der Waals surface area contributed by atoms with Gasteiger partial charge in [-0.1, -0.05) is 6.92 Å². The Labute approximate surface area is 170 Å². The molecule has 4 heterocycles. The maximum Gasteiger partial charge on any atom is 0.270 e. The molecule has 0 radical (unpaired) electrons. The lowest BCUT2D eigenvalue weighted by Gasteiger charge is -2.40. The number of rotatable bonds is 3.